The van der Waals surface area contributed by atoms with E-state index in [0.29, 0.717) is 28.4 Å². The third kappa shape index (κ3) is 2.33. The fourth-order valence-electron chi connectivity index (χ4n) is 3.73. The van der Waals surface area contributed by atoms with E-state index in [9.17, 15) is 4.79 Å². The number of rotatable bonds is 2. The number of hydrogen-bond acceptors (Lipinski definition) is 1. The Morgan fingerprint density at radius 3 is 1.88 bits per heavy atom. The molecular formula is C15H28O. The van der Waals surface area contributed by atoms with Crippen LogP contribution in [0.5, 0.6) is 0 Å². The summed E-state index contributed by atoms with van der Waals surface area (Å²) >= 11 is 0. The average Bonchev–Trinajstić information content (AvgIpc) is 2.15. The minimum Gasteiger partial charge on any atom is -0.300 e. The molecule has 1 heteroatoms. The Morgan fingerprint density at radius 1 is 1.19 bits per heavy atom. The fraction of sp³-hybridized carbons (Fsp3) is 0.933. The molecule has 0 unspecified atom stereocenters. The molecular weight excluding hydrogens is 196 g/mol. The standard InChI is InChI=1S/C15H28O/c1-11(2)15(14(4,5)6)9-7-13(8-10-15)12(3)16/h11,13H,7-10H2,1-6H3. The summed E-state index contributed by atoms with van der Waals surface area (Å²) in [6.07, 6.45) is 4.65. The lowest BCUT2D eigenvalue weighted by molar-refractivity contribution is -0.124. The molecule has 1 fully saturated rings. The molecule has 1 aliphatic rings. The van der Waals surface area contributed by atoms with Crippen LogP contribution in [0.1, 0.15) is 67.2 Å². The summed E-state index contributed by atoms with van der Waals surface area (Å²) in [6, 6.07) is 0. The van der Waals surface area contributed by atoms with Crippen molar-refractivity contribution in [3.05, 3.63) is 0 Å². The molecule has 0 aromatic carbocycles. The monoisotopic (exact) mass is 224 g/mol. The van der Waals surface area contributed by atoms with Gasteiger partial charge in [0.15, 0.2) is 0 Å². The average molecular weight is 224 g/mol. The predicted molar refractivity (Wildman–Crippen MR) is 69.4 cm³/mol. The lowest BCUT2D eigenvalue weighted by atomic mass is 9.53. The van der Waals surface area contributed by atoms with Crippen LogP contribution in [0.2, 0.25) is 0 Å². The molecule has 0 aromatic rings. The molecule has 1 saturated carbocycles. The predicted octanol–water partition coefficient (Wildman–Crippen LogP) is 4.45. The molecule has 94 valence electrons. The van der Waals surface area contributed by atoms with E-state index in [0.717, 1.165) is 12.8 Å². The van der Waals surface area contributed by atoms with Gasteiger partial charge in [0, 0.05) is 5.92 Å². The van der Waals surface area contributed by atoms with Gasteiger partial charge in [0.1, 0.15) is 5.78 Å². The Labute approximate surface area is 101 Å². The summed E-state index contributed by atoms with van der Waals surface area (Å²) in [5.74, 6) is 1.45. The maximum Gasteiger partial charge on any atom is 0.132 e. The van der Waals surface area contributed by atoms with Crippen LogP contribution >= 0.6 is 0 Å². The maximum absolute atomic E-state index is 11.4. The minimum atomic E-state index is 0.342. The molecule has 0 spiro atoms. The molecule has 0 bridgehead atoms. The second-order valence-corrected chi connectivity index (χ2v) is 6.95. The summed E-state index contributed by atoms with van der Waals surface area (Å²) in [7, 11) is 0. The molecule has 0 aromatic heterocycles. The molecule has 16 heavy (non-hydrogen) atoms. The highest BCUT2D eigenvalue weighted by Gasteiger charge is 2.46. The first kappa shape index (κ1) is 13.7. The Kier molecular flexibility index (Phi) is 3.87. The fourth-order valence-corrected chi connectivity index (χ4v) is 3.73. The normalized spacial score (nSPS) is 31.8. The SMILES string of the molecule is CC(=O)C1CCC(C(C)C)(C(C)(C)C)CC1. The van der Waals surface area contributed by atoms with Crippen molar-refractivity contribution in [2.24, 2.45) is 22.7 Å². The van der Waals surface area contributed by atoms with Gasteiger partial charge in [-0.3, -0.25) is 4.79 Å². The van der Waals surface area contributed by atoms with Crippen LogP contribution in [0, 0.1) is 22.7 Å². The molecule has 0 saturated heterocycles. The van der Waals surface area contributed by atoms with E-state index in [4.69, 9.17) is 0 Å². The van der Waals surface area contributed by atoms with Gasteiger partial charge in [-0.15, -0.1) is 0 Å². The molecule has 1 rings (SSSR count). The zero-order valence-electron chi connectivity index (χ0n) is 11.9. The highest BCUT2D eigenvalue weighted by molar-refractivity contribution is 5.78. The second kappa shape index (κ2) is 4.50. The van der Waals surface area contributed by atoms with Gasteiger partial charge >= 0.3 is 0 Å². The molecule has 0 atom stereocenters. The van der Waals surface area contributed by atoms with E-state index in [2.05, 4.69) is 34.6 Å². The number of hydrogen-bond donors (Lipinski definition) is 0. The Balaban J connectivity index is 2.83. The third-order valence-electron chi connectivity index (χ3n) is 5.05. The van der Waals surface area contributed by atoms with Crippen molar-refractivity contribution in [2.75, 3.05) is 0 Å². The van der Waals surface area contributed by atoms with Crippen molar-refractivity contribution in [1.82, 2.24) is 0 Å². The van der Waals surface area contributed by atoms with Crippen LogP contribution in [0.25, 0.3) is 0 Å². The van der Waals surface area contributed by atoms with Crippen LogP contribution < -0.4 is 0 Å². The van der Waals surface area contributed by atoms with Crippen LogP contribution in [0.4, 0.5) is 0 Å². The highest BCUT2D eigenvalue weighted by atomic mass is 16.1. The van der Waals surface area contributed by atoms with Gasteiger partial charge < -0.3 is 0 Å². The van der Waals surface area contributed by atoms with Crippen molar-refractivity contribution in [3.8, 4) is 0 Å². The van der Waals surface area contributed by atoms with Crippen molar-refractivity contribution in [1.29, 1.82) is 0 Å². The smallest absolute Gasteiger partial charge is 0.132 e. The number of carbonyl (C=O) groups is 1. The van der Waals surface area contributed by atoms with Crippen LogP contribution in [0.3, 0.4) is 0 Å². The topological polar surface area (TPSA) is 17.1 Å². The Hall–Kier alpha value is -0.330. The van der Waals surface area contributed by atoms with Gasteiger partial charge in [-0.25, -0.2) is 0 Å². The van der Waals surface area contributed by atoms with E-state index in [1.807, 2.05) is 0 Å². The van der Waals surface area contributed by atoms with E-state index in [-0.39, 0.29) is 0 Å². The van der Waals surface area contributed by atoms with Crippen LogP contribution in [0.15, 0.2) is 0 Å². The van der Waals surface area contributed by atoms with Crippen molar-refractivity contribution < 1.29 is 4.79 Å². The van der Waals surface area contributed by atoms with Gasteiger partial charge in [-0.2, -0.15) is 0 Å². The lowest BCUT2D eigenvalue weighted by Crippen LogP contribution is -2.44. The summed E-state index contributed by atoms with van der Waals surface area (Å²) < 4.78 is 0. The second-order valence-electron chi connectivity index (χ2n) is 6.95. The molecule has 0 heterocycles. The van der Waals surface area contributed by atoms with Crippen LogP contribution in [-0.4, -0.2) is 5.78 Å². The molecule has 0 N–H and O–H groups in total. The number of Topliss-reactive ketones (excluding diaryl/α,β-unsaturated/α-hetero) is 1. The van der Waals surface area contributed by atoms with E-state index < -0.39 is 0 Å². The summed E-state index contributed by atoms with van der Waals surface area (Å²) in [5, 5.41) is 0. The van der Waals surface area contributed by atoms with E-state index >= 15 is 0 Å². The van der Waals surface area contributed by atoms with Gasteiger partial charge in [0.2, 0.25) is 0 Å². The zero-order chi connectivity index (χ0) is 12.6. The highest BCUT2D eigenvalue weighted by Crippen LogP contribution is 2.55. The summed E-state index contributed by atoms with van der Waals surface area (Å²) in [4.78, 5) is 11.4. The molecule has 0 aliphatic heterocycles. The van der Waals surface area contributed by atoms with Crippen molar-refractivity contribution in [3.63, 3.8) is 0 Å². The molecule has 0 amide bonds. The quantitative estimate of drug-likeness (QED) is 0.677. The van der Waals surface area contributed by atoms with Gasteiger partial charge in [-0.1, -0.05) is 34.6 Å². The van der Waals surface area contributed by atoms with Gasteiger partial charge in [-0.05, 0) is 49.4 Å². The zero-order valence-corrected chi connectivity index (χ0v) is 11.9. The Bertz CT molecular complexity index is 249. The Morgan fingerprint density at radius 2 is 1.62 bits per heavy atom. The van der Waals surface area contributed by atoms with Gasteiger partial charge in [0.25, 0.3) is 0 Å². The van der Waals surface area contributed by atoms with Crippen LogP contribution in [-0.2, 0) is 4.79 Å². The third-order valence-corrected chi connectivity index (χ3v) is 5.05. The lowest BCUT2D eigenvalue weighted by Gasteiger charge is -2.52. The molecule has 1 nitrogen and oxygen atoms in total. The first-order valence-electron chi connectivity index (χ1n) is 6.71. The maximum atomic E-state index is 11.4. The molecule has 1 aliphatic carbocycles. The summed E-state index contributed by atoms with van der Waals surface area (Å²) in [6.45, 7) is 13.5. The summed E-state index contributed by atoms with van der Waals surface area (Å²) in [5.41, 5.74) is 0.780. The molecule has 0 radical (unpaired) electrons. The minimum absolute atomic E-state index is 0.342. The van der Waals surface area contributed by atoms with Crippen molar-refractivity contribution >= 4 is 5.78 Å². The van der Waals surface area contributed by atoms with Crippen molar-refractivity contribution in [2.45, 2.75) is 67.2 Å². The van der Waals surface area contributed by atoms with E-state index in [1.54, 1.807) is 6.92 Å². The first-order valence-corrected chi connectivity index (χ1v) is 6.71. The largest absolute Gasteiger partial charge is 0.300 e. The first-order chi connectivity index (χ1) is 7.21. The van der Waals surface area contributed by atoms with Gasteiger partial charge in [0.05, 0.1) is 0 Å². The number of ketones is 1. The number of carbonyl (C=O) groups excluding carboxylic acids is 1. The van der Waals surface area contributed by atoms with E-state index in [1.165, 1.54) is 12.8 Å².